The Kier molecular flexibility index (Phi) is 5.90. The summed E-state index contributed by atoms with van der Waals surface area (Å²) in [5.74, 6) is 1.95. The zero-order valence-corrected chi connectivity index (χ0v) is 17.7. The molecule has 0 spiro atoms. The molecule has 0 fully saturated rings. The second-order valence-corrected chi connectivity index (χ2v) is 7.49. The van der Waals surface area contributed by atoms with Gasteiger partial charge >= 0.3 is 0 Å². The molecule has 4 aromatic rings. The van der Waals surface area contributed by atoms with Crippen LogP contribution in [0.15, 0.2) is 64.4 Å². The highest BCUT2D eigenvalue weighted by Crippen LogP contribution is 2.31. The Hall–Kier alpha value is -3.78. The highest BCUT2D eigenvalue weighted by molar-refractivity contribution is 7.14. The summed E-state index contributed by atoms with van der Waals surface area (Å²) in [6.45, 7) is 0. The molecule has 7 nitrogen and oxygen atoms in total. The lowest BCUT2D eigenvalue weighted by molar-refractivity contribution is 0.0995. The molecule has 158 valence electrons. The first kappa shape index (κ1) is 20.5. The quantitative estimate of drug-likeness (QED) is 0.425. The third-order valence-electron chi connectivity index (χ3n) is 4.64. The number of aromatic hydroxyl groups is 1. The van der Waals surface area contributed by atoms with Crippen molar-refractivity contribution in [1.29, 1.82) is 0 Å². The number of amides is 1. The number of methoxy groups -OCH3 is 2. The van der Waals surface area contributed by atoms with E-state index in [2.05, 4.69) is 10.3 Å². The van der Waals surface area contributed by atoms with Crippen LogP contribution in [0.1, 0.15) is 21.9 Å². The van der Waals surface area contributed by atoms with Crippen molar-refractivity contribution in [3.05, 3.63) is 77.1 Å². The third-order valence-corrected chi connectivity index (χ3v) is 5.40. The molecule has 8 heteroatoms. The van der Waals surface area contributed by atoms with Crippen LogP contribution in [0.4, 0.5) is 5.13 Å². The first-order chi connectivity index (χ1) is 15.1. The van der Waals surface area contributed by atoms with Crippen LogP contribution >= 0.6 is 11.3 Å². The lowest BCUT2D eigenvalue weighted by Gasteiger charge is -2.09. The molecule has 2 aromatic carbocycles. The number of phenols is 1. The number of hydrogen-bond donors (Lipinski definition) is 2. The maximum Gasteiger partial charge on any atom is 0.293 e. The summed E-state index contributed by atoms with van der Waals surface area (Å²) < 4.78 is 16.4. The van der Waals surface area contributed by atoms with Crippen LogP contribution in [0.25, 0.3) is 11.3 Å². The van der Waals surface area contributed by atoms with Crippen LogP contribution in [-0.4, -0.2) is 30.2 Å². The topological polar surface area (TPSA) is 93.8 Å². The number of phenolic OH excluding ortho intramolecular Hbond substituents is 1. The number of nitrogens with zero attached hydrogens (tertiary/aromatic N) is 1. The summed E-state index contributed by atoms with van der Waals surface area (Å²) in [6, 6.07) is 15.8. The van der Waals surface area contributed by atoms with Gasteiger partial charge in [-0.25, -0.2) is 4.98 Å². The standard InChI is InChI=1S/C23H20N2O5S/c1-28-15-7-9-20(29-2)14(11-15)12-16-8-10-21(30-16)22(27)25-23-24-18(13-31-23)17-5-3-4-6-19(17)26/h3-11,13,26H,12H2,1-2H3,(H,24,25,27). The van der Waals surface area contributed by atoms with Gasteiger partial charge in [-0.15, -0.1) is 11.3 Å². The highest BCUT2D eigenvalue weighted by atomic mass is 32.1. The minimum atomic E-state index is -0.401. The van der Waals surface area contributed by atoms with Crippen molar-refractivity contribution in [2.45, 2.75) is 6.42 Å². The van der Waals surface area contributed by atoms with Crippen molar-refractivity contribution < 1.29 is 23.8 Å². The van der Waals surface area contributed by atoms with Crippen molar-refractivity contribution in [3.63, 3.8) is 0 Å². The smallest absolute Gasteiger partial charge is 0.293 e. The van der Waals surface area contributed by atoms with Crippen LogP contribution < -0.4 is 14.8 Å². The molecule has 2 heterocycles. The van der Waals surface area contributed by atoms with Gasteiger partial charge in [0, 0.05) is 22.9 Å². The summed E-state index contributed by atoms with van der Waals surface area (Å²) in [5, 5.41) is 14.9. The Morgan fingerprint density at radius 1 is 1.13 bits per heavy atom. The maximum atomic E-state index is 12.6. The van der Waals surface area contributed by atoms with E-state index in [0.717, 1.165) is 5.56 Å². The molecular weight excluding hydrogens is 416 g/mol. The number of carbonyl (C=O) groups is 1. The molecule has 2 aromatic heterocycles. The number of nitrogens with one attached hydrogen (secondary N) is 1. The van der Waals surface area contributed by atoms with Crippen LogP contribution in [0.5, 0.6) is 17.2 Å². The molecule has 31 heavy (non-hydrogen) atoms. The molecule has 1 amide bonds. The molecule has 0 saturated carbocycles. The van der Waals surface area contributed by atoms with Crippen molar-refractivity contribution >= 4 is 22.4 Å². The Balaban J connectivity index is 1.46. The SMILES string of the molecule is COc1ccc(OC)c(Cc2ccc(C(=O)Nc3nc(-c4ccccc4O)cs3)o2)c1. The largest absolute Gasteiger partial charge is 0.507 e. The molecule has 4 rings (SSSR count). The van der Waals surface area contributed by atoms with Gasteiger partial charge in [-0.1, -0.05) is 12.1 Å². The van der Waals surface area contributed by atoms with Gasteiger partial charge in [0.1, 0.15) is 23.0 Å². The molecule has 0 aliphatic rings. The summed E-state index contributed by atoms with van der Waals surface area (Å²) in [7, 11) is 3.20. The first-order valence-electron chi connectivity index (χ1n) is 9.42. The molecule has 0 saturated heterocycles. The molecular formula is C23H20N2O5S. The van der Waals surface area contributed by atoms with Gasteiger partial charge in [0.2, 0.25) is 0 Å². The first-order valence-corrected chi connectivity index (χ1v) is 10.3. The molecule has 0 radical (unpaired) electrons. The van der Waals surface area contributed by atoms with E-state index in [1.807, 2.05) is 24.3 Å². The molecule has 0 aliphatic heterocycles. The van der Waals surface area contributed by atoms with Crippen LogP contribution in [0.2, 0.25) is 0 Å². The Morgan fingerprint density at radius 2 is 1.97 bits per heavy atom. The number of rotatable bonds is 7. The van der Waals surface area contributed by atoms with Crippen LogP contribution in [0, 0.1) is 0 Å². The lowest BCUT2D eigenvalue weighted by Crippen LogP contribution is -2.10. The number of thiazole rings is 1. The third kappa shape index (κ3) is 4.54. The van der Waals surface area contributed by atoms with Gasteiger partial charge < -0.3 is 19.0 Å². The van der Waals surface area contributed by atoms with E-state index >= 15 is 0 Å². The Morgan fingerprint density at radius 3 is 2.74 bits per heavy atom. The van der Waals surface area contributed by atoms with E-state index in [9.17, 15) is 9.90 Å². The van der Waals surface area contributed by atoms with Gasteiger partial charge in [-0.05, 0) is 42.5 Å². The molecule has 0 atom stereocenters. The second-order valence-electron chi connectivity index (χ2n) is 6.63. The van der Waals surface area contributed by atoms with Gasteiger partial charge in [0.25, 0.3) is 5.91 Å². The van der Waals surface area contributed by atoms with Crippen molar-refractivity contribution in [3.8, 4) is 28.5 Å². The van der Waals surface area contributed by atoms with E-state index in [1.165, 1.54) is 11.3 Å². The minimum absolute atomic E-state index is 0.134. The van der Waals surface area contributed by atoms with E-state index in [1.54, 1.807) is 49.9 Å². The van der Waals surface area contributed by atoms with Crippen molar-refractivity contribution in [2.24, 2.45) is 0 Å². The van der Waals surface area contributed by atoms with Gasteiger partial charge in [-0.2, -0.15) is 0 Å². The number of furan rings is 1. The summed E-state index contributed by atoms with van der Waals surface area (Å²) in [6.07, 6.45) is 0.447. The number of ether oxygens (including phenoxy) is 2. The van der Waals surface area contributed by atoms with Gasteiger partial charge in [0.15, 0.2) is 10.9 Å². The van der Waals surface area contributed by atoms with Crippen LogP contribution in [-0.2, 0) is 6.42 Å². The number of para-hydroxylation sites is 1. The average Bonchev–Trinajstić information content (AvgIpc) is 3.44. The van der Waals surface area contributed by atoms with E-state index in [0.29, 0.717) is 40.1 Å². The molecule has 0 bridgehead atoms. The number of benzene rings is 2. The van der Waals surface area contributed by atoms with E-state index in [-0.39, 0.29) is 11.5 Å². The molecule has 0 unspecified atom stereocenters. The van der Waals surface area contributed by atoms with E-state index < -0.39 is 5.91 Å². The normalized spacial score (nSPS) is 10.6. The number of hydrogen-bond acceptors (Lipinski definition) is 7. The number of anilines is 1. The number of aromatic nitrogens is 1. The summed E-state index contributed by atoms with van der Waals surface area (Å²) in [5.41, 5.74) is 2.07. The van der Waals surface area contributed by atoms with Gasteiger partial charge in [-0.3, -0.25) is 10.1 Å². The van der Waals surface area contributed by atoms with Gasteiger partial charge in [0.05, 0.1) is 19.9 Å². The number of carbonyl (C=O) groups excluding carboxylic acids is 1. The Bertz CT molecular complexity index is 1210. The van der Waals surface area contributed by atoms with E-state index in [4.69, 9.17) is 13.9 Å². The molecule has 0 aliphatic carbocycles. The van der Waals surface area contributed by atoms with Crippen molar-refractivity contribution in [2.75, 3.05) is 19.5 Å². The fraction of sp³-hybridized carbons (Fsp3) is 0.130. The fourth-order valence-corrected chi connectivity index (χ4v) is 3.81. The molecule has 2 N–H and O–H groups in total. The lowest BCUT2D eigenvalue weighted by atomic mass is 10.1. The zero-order chi connectivity index (χ0) is 21.8. The Labute approximate surface area is 182 Å². The predicted molar refractivity (Wildman–Crippen MR) is 118 cm³/mol. The highest BCUT2D eigenvalue weighted by Gasteiger charge is 2.16. The van der Waals surface area contributed by atoms with Crippen LogP contribution in [0.3, 0.4) is 0 Å². The second kappa shape index (κ2) is 8.93. The minimum Gasteiger partial charge on any atom is -0.507 e. The predicted octanol–water partition coefficient (Wildman–Crippen LogP) is 4.97. The summed E-state index contributed by atoms with van der Waals surface area (Å²) in [4.78, 5) is 17.0. The monoisotopic (exact) mass is 436 g/mol. The fourth-order valence-electron chi connectivity index (χ4n) is 3.11. The van der Waals surface area contributed by atoms with Crippen molar-refractivity contribution in [1.82, 2.24) is 4.98 Å². The average molecular weight is 436 g/mol. The summed E-state index contributed by atoms with van der Waals surface area (Å²) >= 11 is 1.27. The maximum absolute atomic E-state index is 12.6. The zero-order valence-electron chi connectivity index (χ0n) is 16.9.